The zero-order valence-electron chi connectivity index (χ0n) is 14.7. The molecule has 2 aromatic rings. The number of carbonyl (C=O) groups is 1. The van der Waals surface area contributed by atoms with E-state index in [4.69, 9.17) is 0 Å². The van der Waals surface area contributed by atoms with Crippen LogP contribution in [0.1, 0.15) is 34.8 Å². The predicted molar refractivity (Wildman–Crippen MR) is 98.0 cm³/mol. The van der Waals surface area contributed by atoms with E-state index in [1.807, 2.05) is 41.3 Å². The molecule has 0 atom stereocenters. The van der Waals surface area contributed by atoms with Crippen LogP contribution in [0.25, 0.3) is 0 Å². The number of benzene rings is 2. The molecule has 4 heteroatoms. The van der Waals surface area contributed by atoms with Crippen LogP contribution in [-0.2, 0) is 13.0 Å². The third-order valence-corrected chi connectivity index (χ3v) is 4.80. The van der Waals surface area contributed by atoms with Gasteiger partial charge in [-0.2, -0.15) is 0 Å². The molecule has 1 fully saturated rings. The maximum Gasteiger partial charge on any atom is 0.253 e. The van der Waals surface area contributed by atoms with Crippen molar-refractivity contribution in [1.82, 2.24) is 9.80 Å². The molecule has 3 rings (SSSR count). The smallest absolute Gasteiger partial charge is 0.253 e. The highest BCUT2D eigenvalue weighted by atomic mass is 19.1. The highest BCUT2D eigenvalue weighted by molar-refractivity contribution is 5.94. The Bertz CT molecular complexity index is 697. The first-order chi connectivity index (χ1) is 12.2. The summed E-state index contributed by atoms with van der Waals surface area (Å²) in [6, 6.07) is 14.6. The normalized spacial score (nSPS) is 15.8. The minimum absolute atomic E-state index is 0.117. The molecule has 25 heavy (non-hydrogen) atoms. The quantitative estimate of drug-likeness (QED) is 0.846. The molecule has 1 heterocycles. The Kier molecular flexibility index (Phi) is 5.82. The van der Waals surface area contributed by atoms with Crippen LogP contribution in [0.2, 0.25) is 0 Å². The van der Waals surface area contributed by atoms with E-state index >= 15 is 0 Å². The van der Waals surface area contributed by atoms with Gasteiger partial charge in [0.25, 0.3) is 5.91 Å². The fourth-order valence-corrected chi connectivity index (χ4v) is 3.25. The molecule has 2 aromatic carbocycles. The number of nitrogens with zero attached hydrogens (tertiary/aromatic N) is 2. The van der Waals surface area contributed by atoms with Crippen LogP contribution in [0.5, 0.6) is 0 Å². The summed E-state index contributed by atoms with van der Waals surface area (Å²) in [5, 5.41) is 0. The van der Waals surface area contributed by atoms with Gasteiger partial charge in [0, 0.05) is 38.3 Å². The Morgan fingerprint density at radius 3 is 2.28 bits per heavy atom. The molecule has 0 radical (unpaired) electrons. The van der Waals surface area contributed by atoms with Gasteiger partial charge in [-0.1, -0.05) is 31.2 Å². The molecule has 0 bridgehead atoms. The zero-order chi connectivity index (χ0) is 17.6. The van der Waals surface area contributed by atoms with Gasteiger partial charge in [0.2, 0.25) is 0 Å². The molecule has 1 aliphatic rings. The van der Waals surface area contributed by atoms with Crippen LogP contribution in [-0.4, -0.2) is 41.9 Å². The van der Waals surface area contributed by atoms with E-state index in [1.165, 1.54) is 17.7 Å². The van der Waals surface area contributed by atoms with Crippen LogP contribution in [0, 0.1) is 5.82 Å². The van der Waals surface area contributed by atoms with Gasteiger partial charge in [0.05, 0.1) is 0 Å². The molecule has 0 unspecified atom stereocenters. The van der Waals surface area contributed by atoms with Crippen LogP contribution in [0.15, 0.2) is 48.5 Å². The number of amides is 1. The Hall–Kier alpha value is -2.20. The first-order valence-electron chi connectivity index (χ1n) is 9.00. The van der Waals surface area contributed by atoms with Gasteiger partial charge < -0.3 is 4.90 Å². The van der Waals surface area contributed by atoms with Crippen molar-refractivity contribution < 1.29 is 9.18 Å². The van der Waals surface area contributed by atoms with Gasteiger partial charge in [-0.25, -0.2) is 4.39 Å². The Morgan fingerprint density at radius 1 is 0.920 bits per heavy atom. The molecule has 0 spiro atoms. The molecule has 1 aliphatic heterocycles. The zero-order valence-corrected chi connectivity index (χ0v) is 14.7. The van der Waals surface area contributed by atoms with E-state index in [2.05, 4.69) is 11.8 Å². The van der Waals surface area contributed by atoms with Crippen molar-refractivity contribution in [3.63, 3.8) is 0 Å². The third-order valence-electron chi connectivity index (χ3n) is 4.80. The molecule has 0 aromatic heterocycles. The minimum Gasteiger partial charge on any atom is -0.337 e. The molecule has 0 aliphatic carbocycles. The fraction of sp³-hybridized carbons (Fsp3) is 0.381. The second-order valence-corrected chi connectivity index (χ2v) is 6.60. The first-order valence-corrected chi connectivity index (χ1v) is 9.00. The van der Waals surface area contributed by atoms with Gasteiger partial charge in [0.15, 0.2) is 0 Å². The van der Waals surface area contributed by atoms with E-state index < -0.39 is 0 Å². The van der Waals surface area contributed by atoms with E-state index in [0.717, 1.165) is 56.7 Å². The average molecular weight is 340 g/mol. The van der Waals surface area contributed by atoms with Crippen LogP contribution in [0.4, 0.5) is 4.39 Å². The van der Waals surface area contributed by atoms with E-state index in [9.17, 15) is 9.18 Å². The summed E-state index contributed by atoms with van der Waals surface area (Å²) >= 11 is 0. The van der Waals surface area contributed by atoms with Crippen molar-refractivity contribution in [2.45, 2.75) is 26.3 Å². The van der Waals surface area contributed by atoms with Gasteiger partial charge in [-0.3, -0.25) is 9.69 Å². The van der Waals surface area contributed by atoms with Gasteiger partial charge in [-0.15, -0.1) is 0 Å². The second kappa shape index (κ2) is 8.26. The molecular weight excluding hydrogens is 315 g/mol. The van der Waals surface area contributed by atoms with Crippen molar-refractivity contribution in [1.29, 1.82) is 0 Å². The summed E-state index contributed by atoms with van der Waals surface area (Å²) in [4.78, 5) is 17.0. The van der Waals surface area contributed by atoms with Gasteiger partial charge in [-0.05, 0) is 48.2 Å². The summed E-state index contributed by atoms with van der Waals surface area (Å²) in [5.74, 6) is -0.0863. The van der Waals surface area contributed by atoms with Crippen molar-refractivity contribution >= 4 is 5.91 Å². The summed E-state index contributed by atoms with van der Waals surface area (Å²) in [6.45, 7) is 6.23. The van der Waals surface area contributed by atoms with Crippen molar-refractivity contribution in [2.75, 3.05) is 26.2 Å². The van der Waals surface area contributed by atoms with Crippen LogP contribution < -0.4 is 0 Å². The fourth-order valence-electron chi connectivity index (χ4n) is 3.25. The number of rotatable bonds is 4. The van der Waals surface area contributed by atoms with E-state index in [0.29, 0.717) is 0 Å². The van der Waals surface area contributed by atoms with Crippen LogP contribution >= 0.6 is 0 Å². The predicted octanol–water partition coefficient (Wildman–Crippen LogP) is 3.74. The molecule has 0 saturated carbocycles. The molecule has 0 N–H and O–H groups in total. The Labute approximate surface area is 149 Å². The maximum absolute atomic E-state index is 13.0. The highest BCUT2D eigenvalue weighted by Gasteiger charge is 2.20. The van der Waals surface area contributed by atoms with E-state index in [1.54, 1.807) is 0 Å². The number of hydrogen-bond donors (Lipinski definition) is 0. The second-order valence-electron chi connectivity index (χ2n) is 6.60. The number of carbonyl (C=O) groups excluding carboxylic acids is 1. The molecule has 3 nitrogen and oxygen atoms in total. The lowest BCUT2D eigenvalue weighted by Gasteiger charge is -2.22. The molecule has 1 amide bonds. The maximum atomic E-state index is 13.0. The SMILES string of the molecule is CCc1ccc(C(=O)N2CCCN(Cc3ccc(F)cc3)CC2)cc1. The Morgan fingerprint density at radius 2 is 1.60 bits per heavy atom. The average Bonchev–Trinajstić information content (AvgIpc) is 2.89. The van der Waals surface area contributed by atoms with Gasteiger partial charge in [0.1, 0.15) is 5.82 Å². The summed E-state index contributed by atoms with van der Waals surface area (Å²) in [6.07, 6.45) is 1.94. The molecule has 132 valence electrons. The Balaban J connectivity index is 1.58. The number of halogens is 1. The van der Waals surface area contributed by atoms with Crippen molar-refractivity contribution in [3.8, 4) is 0 Å². The summed E-state index contributed by atoms with van der Waals surface area (Å²) in [7, 11) is 0. The van der Waals surface area contributed by atoms with Crippen molar-refractivity contribution in [2.24, 2.45) is 0 Å². The molecular formula is C21H25FN2O. The number of aryl methyl sites for hydroxylation is 1. The largest absolute Gasteiger partial charge is 0.337 e. The highest BCUT2D eigenvalue weighted by Crippen LogP contribution is 2.13. The van der Waals surface area contributed by atoms with Crippen molar-refractivity contribution in [3.05, 3.63) is 71.0 Å². The lowest BCUT2D eigenvalue weighted by molar-refractivity contribution is 0.0761. The standard InChI is InChI=1S/C21H25FN2O/c1-2-17-4-8-19(9-5-17)21(25)24-13-3-12-23(14-15-24)16-18-6-10-20(22)11-7-18/h4-11H,2-3,12-16H2,1H3. The van der Waals surface area contributed by atoms with Crippen LogP contribution in [0.3, 0.4) is 0 Å². The van der Waals surface area contributed by atoms with E-state index in [-0.39, 0.29) is 11.7 Å². The number of hydrogen-bond acceptors (Lipinski definition) is 2. The topological polar surface area (TPSA) is 23.6 Å². The minimum atomic E-state index is -0.203. The lowest BCUT2D eigenvalue weighted by atomic mass is 10.1. The lowest BCUT2D eigenvalue weighted by Crippen LogP contribution is -2.35. The van der Waals surface area contributed by atoms with Gasteiger partial charge >= 0.3 is 0 Å². The summed E-state index contributed by atoms with van der Waals surface area (Å²) < 4.78 is 13.0. The summed E-state index contributed by atoms with van der Waals surface area (Å²) in [5.41, 5.74) is 3.12. The third kappa shape index (κ3) is 4.67. The monoisotopic (exact) mass is 340 g/mol. The first kappa shape index (κ1) is 17.6. The molecule has 1 saturated heterocycles.